The van der Waals surface area contributed by atoms with Crippen molar-refractivity contribution < 1.29 is 10.2 Å². The molecule has 3 aromatic heterocycles. The van der Waals surface area contributed by atoms with Gasteiger partial charge >= 0.3 is 0 Å². The number of aromatic nitrogens is 5. The Bertz CT molecular complexity index is 931. The van der Waals surface area contributed by atoms with Gasteiger partial charge in [-0.3, -0.25) is 9.58 Å². The van der Waals surface area contributed by atoms with Crippen molar-refractivity contribution in [2.24, 2.45) is 0 Å². The molecule has 0 unspecified atom stereocenters. The second-order valence-corrected chi connectivity index (χ2v) is 6.99. The molecule has 1 atom stereocenters. The molecular formula is C18H24N6O2. The molecule has 0 saturated carbocycles. The maximum atomic E-state index is 9.83. The Morgan fingerprint density at radius 3 is 2.88 bits per heavy atom. The average molecular weight is 356 g/mol. The first-order valence-corrected chi connectivity index (χ1v) is 8.94. The molecule has 0 fully saturated rings. The lowest BCUT2D eigenvalue weighted by molar-refractivity contribution is 0.0916. The standard InChI is InChI=1S/C18H24N6O2/c1-12-6-13(2)24-18(20-12)14(8-19-24)9-22-4-3-5-23-15(10-22)7-16(21-23)17(26)11-25/h6-8,17,25-26H,3-5,9-11H2,1-2H3/t17-/m1/s1. The number of aryl methyl sites for hydroxylation is 3. The van der Waals surface area contributed by atoms with E-state index in [1.54, 1.807) is 0 Å². The Morgan fingerprint density at radius 1 is 1.23 bits per heavy atom. The molecule has 4 rings (SSSR count). The molecule has 1 aliphatic heterocycles. The lowest BCUT2D eigenvalue weighted by Gasteiger charge is -2.18. The summed E-state index contributed by atoms with van der Waals surface area (Å²) in [5.74, 6) is 0. The first-order chi connectivity index (χ1) is 12.5. The summed E-state index contributed by atoms with van der Waals surface area (Å²) in [5, 5.41) is 27.9. The van der Waals surface area contributed by atoms with Crippen LogP contribution in [0.15, 0.2) is 18.3 Å². The summed E-state index contributed by atoms with van der Waals surface area (Å²) in [5.41, 5.74) is 5.69. The van der Waals surface area contributed by atoms with Gasteiger partial charge in [0.25, 0.3) is 0 Å². The Hall–Kier alpha value is -2.29. The molecule has 0 radical (unpaired) electrons. The van der Waals surface area contributed by atoms with E-state index in [4.69, 9.17) is 5.11 Å². The van der Waals surface area contributed by atoms with Crippen LogP contribution in [0.3, 0.4) is 0 Å². The van der Waals surface area contributed by atoms with Crippen LogP contribution >= 0.6 is 0 Å². The van der Waals surface area contributed by atoms with Crippen LogP contribution in [0.2, 0.25) is 0 Å². The van der Waals surface area contributed by atoms with E-state index < -0.39 is 6.10 Å². The van der Waals surface area contributed by atoms with Gasteiger partial charge in [0, 0.05) is 43.1 Å². The summed E-state index contributed by atoms with van der Waals surface area (Å²) < 4.78 is 3.83. The van der Waals surface area contributed by atoms with E-state index in [1.165, 1.54) is 0 Å². The highest BCUT2D eigenvalue weighted by atomic mass is 16.3. The van der Waals surface area contributed by atoms with Crippen molar-refractivity contribution in [2.75, 3.05) is 13.2 Å². The van der Waals surface area contributed by atoms with Crippen LogP contribution in [0.4, 0.5) is 0 Å². The van der Waals surface area contributed by atoms with E-state index in [0.29, 0.717) is 5.69 Å². The Kier molecular flexibility index (Phi) is 4.47. The van der Waals surface area contributed by atoms with Gasteiger partial charge in [-0.1, -0.05) is 0 Å². The van der Waals surface area contributed by atoms with Crippen LogP contribution in [-0.2, 0) is 19.6 Å². The number of nitrogens with zero attached hydrogens (tertiary/aromatic N) is 6. The maximum absolute atomic E-state index is 9.83. The van der Waals surface area contributed by atoms with Crippen molar-refractivity contribution in [2.45, 2.75) is 46.0 Å². The van der Waals surface area contributed by atoms with Crippen LogP contribution in [0.25, 0.3) is 5.65 Å². The molecule has 4 heterocycles. The Labute approximate surface area is 151 Å². The number of rotatable bonds is 4. The fraction of sp³-hybridized carbons (Fsp3) is 0.500. The monoisotopic (exact) mass is 356 g/mol. The van der Waals surface area contributed by atoms with Crippen molar-refractivity contribution in [1.82, 2.24) is 29.3 Å². The lowest BCUT2D eigenvalue weighted by atomic mass is 10.2. The molecule has 2 N–H and O–H groups in total. The summed E-state index contributed by atoms with van der Waals surface area (Å²) in [6.45, 7) is 7.01. The van der Waals surface area contributed by atoms with Crippen LogP contribution in [0.1, 0.15) is 40.9 Å². The van der Waals surface area contributed by atoms with Gasteiger partial charge in [0.05, 0.1) is 24.2 Å². The SMILES string of the molecule is Cc1cc(C)n2ncc(CN3CCCn4nc([C@H](O)CO)cc4C3)c2n1. The molecule has 3 aromatic rings. The van der Waals surface area contributed by atoms with Gasteiger partial charge in [0.2, 0.25) is 0 Å². The Morgan fingerprint density at radius 2 is 2.08 bits per heavy atom. The van der Waals surface area contributed by atoms with Crippen LogP contribution < -0.4 is 0 Å². The zero-order valence-corrected chi connectivity index (χ0v) is 15.1. The fourth-order valence-corrected chi connectivity index (χ4v) is 3.61. The highest BCUT2D eigenvalue weighted by Crippen LogP contribution is 2.21. The number of hydrogen-bond donors (Lipinski definition) is 2. The fourth-order valence-electron chi connectivity index (χ4n) is 3.61. The highest BCUT2D eigenvalue weighted by Gasteiger charge is 2.21. The van der Waals surface area contributed by atoms with Crippen LogP contribution in [0.5, 0.6) is 0 Å². The minimum atomic E-state index is -0.919. The van der Waals surface area contributed by atoms with Crippen LogP contribution in [-0.4, -0.2) is 52.6 Å². The van der Waals surface area contributed by atoms with Gasteiger partial charge in [-0.2, -0.15) is 10.2 Å². The van der Waals surface area contributed by atoms with Gasteiger partial charge in [-0.05, 0) is 32.4 Å². The molecule has 26 heavy (non-hydrogen) atoms. The third kappa shape index (κ3) is 3.11. The van der Waals surface area contributed by atoms with E-state index in [2.05, 4.69) is 20.1 Å². The molecule has 1 aliphatic rings. The van der Waals surface area contributed by atoms with Crippen molar-refractivity contribution in [3.05, 3.63) is 46.7 Å². The first kappa shape index (κ1) is 17.1. The third-order valence-electron chi connectivity index (χ3n) is 4.87. The maximum Gasteiger partial charge on any atom is 0.159 e. The number of fused-ring (bicyclic) bond motifs is 2. The van der Waals surface area contributed by atoms with Crippen molar-refractivity contribution in [3.8, 4) is 0 Å². The number of aliphatic hydroxyl groups excluding tert-OH is 2. The summed E-state index contributed by atoms with van der Waals surface area (Å²) in [6, 6.07) is 3.92. The van der Waals surface area contributed by atoms with Gasteiger partial charge < -0.3 is 10.2 Å². The number of aliphatic hydroxyl groups is 2. The lowest BCUT2D eigenvalue weighted by Crippen LogP contribution is -2.22. The molecule has 0 aliphatic carbocycles. The summed E-state index contributed by atoms with van der Waals surface area (Å²) in [6.07, 6.45) is 1.96. The average Bonchev–Trinajstić information content (AvgIpc) is 3.14. The molecule has 0 spiro atoms. The molecule has 8 heteroatoms. The molecule has 0 saturated heterocycles. The first-order valence-electron chi connectivity index (χ1n) is 8.94. The van der Waals surface area contributed by atoms with Gasteiger partial charge in [-0.25, -0.2) is 9.50 Å². The molecule has 0 bridgehead atoms. The molecule has 8 nitrogen and oxygen atoms in total. The largest absolute Gasteiger partial charge is 0.393 e. The normalized spacial score (nSPS) is 16.6. The summed E-state index contributed by atoms with van der Waals surface area (Å²) in [4.78, 5) is 7.02. The van der Waals surface area contributed by atoms with Gasteiger partial charge in [0.1, 0.15) is 6.10 Å². The van der Waals surface area contributed by atoms with E-state index >= 15 is 0 Å². The minimum absolute atomic E-state index is 0.313. The highest BCUT2D eigenvalue weighted by molar-refractivity contribution is 5.47. The predicted octanol–water partition coefficient (Wildman–Crippen LogP) is 0.974. The van der Waals surface area contributed by atoms with E-state index in [9.17, 15) is 5.11 Å². The van der Waals surface area contributed by atoms with Gasteiger partial charge in [0.15, 0.2) is 5.65 Å². The molecular weight excluding hydrogens is 332 g/mol. The minimum Gasteiger partial charge on any atom is -0.393 e. The van der Waals surface area contributed by atoms with E-state index in [1.807, 2.05) is 41.4 Å². The zero-order valence-electron chi connectivity index (χ0n) is 15.1. The number of hydrogen-bond acceptors (Lipinski definition) is 6. The second kappa shape index (κ2) is 6.79. The van der Waals surface area contributed by atoms with Gasteiger partial charge in [-0.15, -0.1) is 0 Å². The smallest absolute Gasteiger partial charge is 0.159 e. The zero-order chi connectivity index (χ0) is 18.3. The van der Waals surface area contributed by atoms with E-state index in [0.717, 1.165) is 60.9 Å². The topological polar surface area (TPSA) is 91.7 Å². The third-order valence-corrected chi connectivity index (χ3v) is 4.87. The van der Waals surface area contributed by atoms with Crippen molar-refractivity contribution >= 4 is 5.65 Å². The predicted molar refractivity (Wildman–Crippen MR) is 95.5 cm³/mol. The van der Waals surface area contributed by atoms with Crippen molar-refractivity contribution in [1.29, 1.82) is 0 Å². The van der Waals surface area contributed by atoms with Crippen molar-refractivity contribution in [3.63, 3.8) is 0 Å². The summed E-state index contributed by atoms with van der Waals surface area (Å²) in [7, 11) is 0. The van der Waals surface area contributed by atoms with E-state index in [-0.39, 0.29) is 6.61 Å². The Balaban J connectivity index is 1.58. The molecule has 0 aromatic carbocycles. The summed E-state index contributed by atoms with van der Waals surface area (Å²) >= 11 is 0. The quantitative estimate of drug-likeness (QED) is 0.724. The molecule has 138 valence electrons. The second-order valence-electron chi connectivity index (χ2n) is 6.99. The van der Waals surface area contributed by atoms with Crippen LogP contribution in [0, 0.1) is 13.8 Å². The molecule has 0 amide bonds.